The molecule has 0 spiro atoms. The van der Waals surface area contributed by atoms with Gasteiger partial charge in [-0.05, 0) is 51.3 Å². The molecule has 1 aliphatic rings. The molecule has 3 N–H and O–H groups in total. The van der Waals surface area contributed by atoms with Gasteiger partial charge >= 0.3 is 5.97 Å². The van der Waals surface area contributed by atoms with Gasteiger partial charge in [0, 0.05) is 5.54 Å². The van der Waals surface area contributed by atoms with Crippen molar-refractivity contribution in [2.45, 2.75) is 44.8 Å². The van der Waals surface area contributed by atoms with Crippen molar-refractivity contribution in [1.82, 2.24) is 0 Å². The number of nitrogens with two attached hydrogens (primary N) is 1. The lowest BCUT2D eigenvalue weighted by Crippen LogP contribution is -2.52. The molecule has 1 fully saturated rings. The fourth-order valence-electron chi connectivity index (χ4n) is 2.40. The quantitative estimate of drug-likeness (QED) is 0.803. The number of esters is 1. The van der Waals surface area contributed by atoms with Crippen LogP contribution in [0.4, 0.5) is 0 Å². The largest absolute Gasteiger partial charge is 0.508 e. The fraction of sp³-hybridized carbons (Fsp3) is 0.533. The highest BCUT2D eigenvalue weighted by molar-refractivity contribution is 5.74. The smallest absolute Gasteiger partial charge is 0.309 e. The molecule has 0 aliphatic heterocycles. The van der Waals surface area contributed by atoms with Crippen LogP contribution in [0.2, 0.25) is 0 Å². The second-order valence-electron chi connectivity index (χ2n) is 6.34. The number of phenolic OH excluding ortho intramolecular Hbond substituents is 1. The molecule has 0 saturated heterocycles. The predicted octanol–water partition coefficient (Wildman–Crippen LogP) is 2.30. The van der Waals surface area contributed by atoms with E-state index in [1.54, 1.807) is 24.3 Å². The minimum atomic E-state index is -0.477. The highest BCUT2D eigenvalue weighted by Crippen LogP contribution is 2.44. The van der Waals surface area contributed by atoms with E-state index >= 15 is 0 Å². The Morgan fingerprint density at radius 3 is 2.32 bits per heavy atom. The van der Waals surface area contributed by atoms with Crippen molar-refractivity contribution in [3.05, 3.63) is 29.8 Å². The molecular formula is C15H21NO3. The Balaban J connectivity index is 1.98. The molecule has 4 nitrogen and oxygen atoms in total. The average molecular weight is 263 g/mol. The third-order valence-corrected chi connectivity index (χ3v) is 3.40. The second kappa shape index (κ2) is 4.53. The zero-order valence-electron chi connectivity index (χ0n) is 11.6. The molecular weight excluding hydrogens is 242 g/mol. The lowest BCUT2D eigenvalue weighted by atomic mass is 9.65. The lowest BCUT2D eigenvalue weighted by molar-refractivity contribution is -0.165. The van der Waals surface area contributed by atoms with E-state index in [1.165, 1.54) is 0 Å². The van der Waals surface area contributed by atoms with E-state index in [0.29, 0.717) is 12.8 Å². The number of carbonyl (C=O) groups excluding carboxylic acids is 1. The van der Waals surface area contributed by atoms with Gasteiger partial charge in [0.25, 0.3) is 0 Å². The Bertz CT molecular complexity index is 467. The maximum absolute atomic E-state index is 11.9. The zero-order valence-corrected chi connectivity index (χ0v) is 11.6. The third kappa shape index (κ3) is 3.07. The van der Waals surface area contributed by atoms with Crippen molar-refractivity contribution in [2.75, 3.05) is 0 Å². The molecule has 19 heavy (non-hydrogen) atoms. The van der Waals surface area contributed by atoms with Gasteiger partial charge in [0.2, 0.25) is 0 Å². The molecule has 0 bridgehead atoms. The SMILES string of the molecule is CC(C)(C)OC(=O)C1CC(N)(c2ccc(O)cc2)C1. The predicted molar refractivity (Wildman–Crippen MR) is 72.5 cm³/mol. The van der Waals surface area contributed by atoms with Crippen LogP contribution in [0.5, 0.6) is 5.75 Å². The number of ether oxygens (including phenoxy) is 1. The Hall–Kier alpha value is -1.55. The summed E-state index contributed by atoms with van der Waals surface area (Å²) >= 11 is 0. The molecule has 2 rings (SSSR count). The molecule has 0 atom stereocenters. The molecule has 104 valence electrons. The first kappa shape index (κ1) is 13.9. The van der Waals surface area contributed by atoms with Crippen molar-refractivity contribution in [3.8, 4) is 5.75 Å². The standard InChI is InChI=1S/C15H21NO3/c1-14(2,3)19-13(18)10-8-15(16,9-10)11-4-6-12(17)7-5-11/h4-7,10,17H,8-9,16H2,1-3H3. The third-order valence-electron chi connectivity index (χ3n) is 3.40. The van der Waals surface area contributed by atoms with Gasteiger partial charge in [-0.15, -0.1) is 0 Å². The van der Waals surface area contributed by atoms with Crippen LogP contribution in [0.15, 0.2) is 24.3 Å². The molecule has 0 aromatic heterocycles. The van der Waals surface area contributed by atoms with Gasteiger partial charge in [0.1, 0.15) is 11.4 Å². The lowest BCUT2D eigenvalue weighted by Gasteiger charge is -2.44. The Labute approximate surface area is 113 Å². The number of hydrogen-bond acceptors (Lipinski definition) is 4. The summed E-state index contributed by atoms with van der Waals surface area (Å²) in [4.78, 5) is 11.9. The summed E-state index contributed by atoms with van der Waals surface area (Å²) in [5.41, 5.74) is 6.29. The summed E-state index contributed by atoms with van der Waals surface area (Å²) in [6.07, 6.45) is 1.18. The molecule has 1 aromatic rings. The van der Waals surface area contributed by atoms with E-state index in [0.717, 1.165) is 5.56 Å². The van der Waals surface area contributed by atoms with Gasteiger partial charge < -0.3 is 15.6 Å². The average Bonchev–Trinajstić information content (AvgIpc) is 2.23. The molecule has 4 heteroatoms. The first-order valence-electron chi connectivity index (χ1n) is 6.51. The van der Waals surface area contributed by atoms with E-state index in [-0.39, 0.29) is 17.6 Å². The van der Waals surface area contributed by atoms with Crippen LogP contribution in [0.1, 0.15) is 39.2 Å². The number of aromatic hydroxyl groups is 1. The van der Waals surface area contributed by atoms with Crippen LogP contribution < -0.4 is 5.73 Å². The van der Waals surface area contributed by atoms with Gasteiger partial charge in [-0.3, -0.25) is 4.79 Å². The van der Waals surface area contributed by atoms with Gasteiger partial charge in [-0.2, -0.15) is 0 Å². The Morgan fingerprint density at radius 2 is 1.84 bits per heavy atom. The van der Waals surface area contributed by atoms with Crippen molar-refractivity contribution in [3.63, 3.8) is 0 Å². The zero-order chi connectivity index (χ0) is 14.3. The van der Waals surface area contributed by atoms with Crippen molar-refractivity contribution in [1.29, 1.82) is 0 Å². The molecule has 0 radical (unpaired) electrons. The van der Waals surface area contributed by atoms with E-state index in [1.807, 2.05) is 20.8 Å². The van der Waals surface area contributed by atoms with Crippen LogP contribution in [0.25, 0.3) is 0 Å². The minimum absolute atomic E-state index is 0.127. The maximum Gasteiger partial charge on any atom is 0.309 e. The highest BCUT2D eigenvalue weighted by atomic mass is 16.6. The van der Waals surface area contributed by atoms with E-state index < -0.39 is 11.1 Å². The number of phenols is 1. The molecule has 1 aliphatic carbocycles. The maximum atomic E-state index is 11.9. The van der Waals surface area contributed by atoms with E-state index in [2.05, 4.69) is 0 Å². The van der Waals surface area contributed by atoms with Gasteiger partial charge in [0.05, 0.1) is 5.92 Å². The molecule has 0 amide bonds. The summed E-state index contributed by atoms with van der Waals surface area (Å²) in [5.74, 6) is -0.0826. The number of rotatable bonds is 2. The topological polar surface area (TPSA) is 72.5 Å². The highest BCUT2D eigenvalue weighted by Gasteiger charge is 2.47. The summed E-state index contributed by atoms with van der Waals surface area (Å²) in [7, 11) is 0. The van der Waals surface area contributed by atoms with Crippen LogP contribution in [0.3, 0.4) is 0 Å². The van der Waals surface area contributed by atoms with Gasteiger partial charge in [-0.1, -0.05) is 12.1 Å². The first-order valence-corrected chi connectivity index (χ1v) is 6.51. The first-order chi connectivity index (χ1) is 8.70. The normalized spacial score (nSPS) is 26.6. The van der Waals surface area contributed by atoms with Crippen LogP contribution in [-0.4, -0.2) is 16.7 Å². The molecule has 1 saturated carbocycles. The number of benzene rings is 1. The summed E-state index contributed by atoms with van der Waals surface area (Å²) in [5, 5.41) is 9.27. The van der Waals surface area contributed by atoms with E-state index in [9.17, 15) is 9.90 Å². The Kier molecular flexibility index (Phi) is 3.31. The summed E-state index contributed by atoms with van der Waals surface area (Å²) < 4.78 is 5.36. The number of hydrogen-bond donors (Lipinski definition) is 2. The molecule has 0 heterocycles. The van der Waals surface area contributed by atoms with Gasteiger partial charge in [0.15, 0.2) is 0 Å². The summed E-state index contributed by atoms with van der Waals surface area (Å²) in [6.45, 7) is 5.58. The van der Waals surface area contributed by atoms with Crippen molar-refractivity contribution < 1.29 is 14.6 Å². The van der Waals surface area contributed by atoms with Crippen molar-refractivity contribution in [2.24, 2.45) is 11.7 Å². The fourth-order valence-corrected chi connectivity index (χ4v) is 2.40. The van der Waals surface area contributed by atoms with Crippen LogP contribution in [0, 0.1) is 5.92 Å². The minimum Gasteiger partial charge on any atom is -0.508 e. The Morgan fingerprint density at radius 1 is 1.32 bits per heavy atom. The monoisotopic (exact) mass is 263 g/mol. The van der Waals surface area contributed by atoms with E-state index in [4.69, 9.17) is 10.5 Å². The number of carbonyl (C=O) groups is 1. The molecule has 0 unspecified atom stereocenters. The van der Waals surface area contributed by atoms with Crippen molar-refractivity contribution >= 4 is 5.97 Å². The second-order valence-corrected chi connectivity index (χ2v) is 6.34. The van der Waals surface area contributed by atoms with Crippen LogP contribution >= 0.6 is 0 Å². The summed E-state index contributed by atoms with van der Waals surface area (Å²) in [6, 6.07) is 6.84. The molecule has 1 aromatic carbocycles. The van der Waals surface area contributed by atoms with Gasteiger partial charge in [-0.25, -0.2) is 0 Å². The van der Waals surface area contributed by atoms with Crippen LogP contribution in [-0.2, 0) is 15.1 Å².